The Bertz CT molecular complexity index is 412. The Balaban J connectivity index is 1.89. The average molecular weight is 269 g/mol. The van der Waals surface area contributed by atoms with Crippen LogP contribution in [0.25, 0.3) is 0 Å². The third-order valence-corrected chi connectivity index (χ3v) is 3.20. The summed E-state index contributed by atoms with van der Waals surface area (Å²) in [4.78, 5) is 20.0. The molecule has 0 saturated carbocycles. The number of carbonyl (C=O) groups is 1. The fraction of sp³-hybridized carbons (Fsp3) is 0.583. The molecular formula is C12H17ClN4O. The van der Waals surface area contributed by atoms with Gasteiger partial charge in [0.15, 0.2) is 0 Å². The molecule has 0 aromatic carbocycles. The zero-order chi connectivity index (χ0) is 13.0. The minimum absolute atomic E-state index is 0.0384. The first-order valence-corrected chi connectivity index (χ1v) is 6.53. The van der Waals surface area contributed by atoms with Crippen LogP contribution in [0.2, 0.25) is 5.15 Å². The van der Waals surface area contributed by atoms with Gasteiger partial charge in [0.2, 0.25) is 11.9 Å². The molecule has 18 heavy (non-hydrogen) atoms. The Hall–Kier alpha value is -1.20. The number of aromatic nitrogens is 2. The molecular weight excluding hydrogens is 252 g/mol. The number of nitrogens with zero attached hydrogens (tertiary/aromatic N) is 2. The second-order valence-electron chi connectivity index (χ2n) is 4.60. The van der Waals surface area contributed by atoms with Gasteiger partial charge >= 0.3 is 0 Å². The molecule has 1 fully saturated rings. The monoisotopic (exact) mass is 268 g/mol. The van der Waals surface area contributed by atoms with Crippen LogP contribution in [0.5, 0.6) is 0 Å². The summed E-state index contributed by atoms with van der Waals surface area (Å²) in [5.41, 5.74) is 0.743. The van der Waals surface area contributed by atoms with Gasteiger partial charge < -0.3 is 5.32 Å². The second-order valence-corrected chi connectivity index (χ2v) is 4.99. The lowest BCUT2D eigenvalue weighted by molar-refractivity contribution is -0.117. The Kier molecular flexibility index (Phi) is 4.49. The number of rotatable bonds is 3. The fourth-order valence-corrected chi connectivity index (χ4v) is 2.35. The molecule has 2 N–H and O–H groups in total. The van der Waals surface area contributed by atoms with Gasteiger partial charge in [-0.2, -0.15) is 0 Å². The van der Waals surface area contributed by atoms with Crippen LogP contribution in [-0.2, 0) is 4.79 Å². The maximum absolute atomic E-state index is 11.8. The molecule has 6 heteroatoms. The van der Waals surface area contributed by atoms with Gasteiger partial charge in [0.05, 0.1) is 0 Å². The molecule has 0 aliphatic carbocycles. The lowest BCUT2D eigenvalue weighted by atomic mass is 9.94. The standard InChI is InChI=1S/C12H17ClN4O/c1-8-6-10(13)16-12(15-8)17-11(18)7-9-2-4-14-5-3-9/h6,9,14H,2-5,7H2,1H3,(H,15,16,17,18). The van der Waals surface area contributed by atoms with E-state index in [0.29, 0.717) is 23.4 Å². The molecule has 0 unspecified atom stereocenters. The number of anilines is 1. The van der Waals surface area contributed by atoms with E-state index in [2.05, 4.69) is 20.6 Å². The van der Waals surface area contributed by atoms with Crippen LogP contribution in [0.3, 0.4) is 0 Å². The van der Waals surface area contributed by atoms with Crippen molar-refractivity contribution in [2.75, 3.05) is 18.4 Å². The van der Waals surface area contributed by atoms with E-state index in [4.69, 9.17) is 11.6 Å². The summed E-state index contributed by atoms with van der Waals surface area (Å²) < 4.78 is 0. The van der Waals surface area contributed by atoms with Crippen molar-refractivity contribution >= 4 is 23.5 Å². The van der Waals surface area contributed by atoms with E-state index in [9.17, 15) is 4.79 Å². The average Bonchev–Trinajstić information content (AvgIpc) is 2.28. The SMILES string of the molecule is Cc1cc(Cl)nc(NC(=O)CC2CCNCC2)n1. The highest BCUT2D eigenvalue weighted by Gasteiger charge is 2.17. The van der Waals surface area contributed by atoms with E-state index in [1.165, 1.54) is 0 Å². The number of halogens is 1. The van der Waals surface area contributed by atoms with Crippen LogP contribution in [0.1, 0.15) is 25.0 Å². The summed E-state index contributed by atoms with van der Waals surface area (Å²) >= 11 is 5.81. The van der Waals surface area contributed by atoms with Crippen molar-refractivity contribution < 1.29 is 4.79 Å². The van der Waals surface area contributed by atoms with Crippen LogP contribution in [-0.4, -0.2) is 29.0 Å². The van der Waals surface area contributed by atoms with E-state index >= 15 is 0 Å². The van der Waals surface area contributed by atoms with Crippen molar-refractivity contribution in [2.24, 2.45) is 5.92 Å². The zero-order valence-electron chi connectivity index (χ0n) is 10.4. The highest BCUT2D eigenvalue weighted by atomic mass is 35.5. The number of aryl methyl sites for hydroxylation is 1. The quantitative estimate of drug-likeness (QED) is 0.820. The van der Waals surface area contributed by atoms with Crippen molar-refractivity contribution in [3.8, 4) is 0 Å². The third kappa shape index (κ3) is 3.92. The van der Waals surface area contributed by atoms with Crippen LogP contribution in [0, 0.1) is 12.8 Å². The normalized spacial score (nSPS) is 16.6. The summed E-state index contributed by atoms with van der Waals surface area (Å²) in [5.74, 6) is 0.703. The van der Waals surface area contributed by atoms with Gasteiger partial charge in [0.25, 0.3) is 0 Å². The summed E-state index contributed by atoms with van der Waals surface area (Å²) in [7, 11) is 0. The van der Waals surface area contributed by atoms with Gasteiger partial charge in [-0.25, -0.2) is 9.97 Å². The molecule has 0 bridgehead atoms. The Morgan fingerprint density at radius 1 is 1.50 bits per heavy atom. The predicted molar refractivity (Wildman–Crippen MR) is 70.6 cm³/mol. The maximum Gasteiger partial charge on any atom is 0.231 e. The maximum atomic E-state index is 11.8. The van der Waals surface area contributed by atoms with E-state index in [-0.39, 0.29) is 5.91 Å². The zero-order valence-corrected chi connectivity index (χ0v) is 11.1. The molecule has 1 aromatic heterocycles. The van der Waals surface area contributed by atoms with Crippen LogP contribution in [0.15, 0.2) is 6.07 Å². The minimum atomic E-state index is -0.0384. The fourth-order valence-electron chi connectivity index (χ4n) is 2.11. The first-order valence-electron chi connectivity index (χ1n) is 6.15. The van der Waals surface area contributed by atoms with Crippen molar-refractivity contribution in [2.45, 2.75) is 26.2 Å². The highest BCUT2D eigenvalue weighted by molar-refractivity contribution is 6.29. The number of amides is 1. The molecule has 98 valence electrons. The second kappa shape index (κ2) is 6.11. The molecule has 1 aliphatic heterocycles. The van der Waals surface area contributed by atoms with E-state index in [0.717, 1.165) is 31.6 Å². The molecule has 2 rings (SSSR count). The molecule has 1 amide bonds. The topological polar surface area (TPSA) is 66.9 Å². The van der Waals surface area contributed by atoms with E-state index < -0.39 is 0 Å². The molecule has 0 radical (unpaired) electrons. The van der Waals surface area contributed by atoms with Gasteiger partial charge in [0.1, 0.15) is 5.15 Å². The predicted octanol–water partition coefficient (Wildman–Crippen LogP) is 1.77. The number of carbonyl (C=O) groups excluding carboxylic acids is 1. The van der Waals surface area contributed by atoms with Crippen molar-refractivity contribution in [1.29, 1.82) is 0 Å². The Labute approximate surface area is 111 Å². The molecule has 0 spiro atoms. The van der Waals surface area contributed by atoms with Gasteiger partial charge in [-0.15, -0.1) is 0 Å². The lowest BCUT2D eigenvalue weighted by Gasteiger charge is -2.21. The molecule has 2 heterocycles. The lowest BCUT2D eigenvalue weighted by Crippen LogP contribution is -2.30. The number of piperidine rings is 1. The van der Waals surface area contributed by atoms with E-state index in [1.54, 1.807) is 6.07 Å². The molecule has 5 nitrogen and oxygen atoms in total. The first-order chi connectivity index (χ1) is 8.63. The van der Waals surface area contributed by atoms with Gasteiger partial charge in [-0.1, -0.05) is 11.6 Å². The Morgan fingerprint density at radius 2 is 2.22 bits per heavy atom. The smallest absolute Gasteiger partial charge is 0.231 e. The summed E-state index contributed by atoms with van der Waals surface area (Å²) in [6, 6.07) is 1.66. The van der Waals surface area contributed by atoms with Gasteiger partial charge in [-0.05, 0) is 44.8 Å². The summed E-state index contributed by atoms with van der Waals surface area (Å²) in [5, 5.41) is 6.33. The van der Waals surface area contributed by atoms with E-state index in [1.807, 2.05) is 6.92 Å². The van der Waals surface area contributed by atoms with Crippen molar-refractivity contribution in [3.63, 3.8) is 0 Å². The molecule has 1 saturated heterocycles. The van der Waals surface area contributed by atoms with Crippen molar-refractivity contribution in [3.05, 3.63) is 16.9 Å². The van der Waals surface area contributed by atoms with Gasteiger partial charge in [-0.3, -0.25) is 10.1 Å². The molecule has 0 atom stereocenters. The number of hydrogen-bond donors (Lipinski definition) is 2. The van der Waals surface area contributed by atoms with Gasteiger partial charge in [0, 0.05) is 12.1 Å². The summed E-state index contributed by atoms with van der Waals surface area (Å²) in [6.07, 6.45) is 2.61. The Morgan fingerprint density at radius 3 is 2.89 bits per heavy atom. The van der Waals surface area contributed by atoms with Crippen molar-refractivity contribution in [1.82, 2.24) is 15.3 Å². The largest absolute Gasteiger partial charge is 0.317 e. The van der Waals surface area contributed by atoms with Crippen LogP contribution >= 0.6 is 11.6 Å². The molecule has 1 aromatic rings. The highest BCUT2D eigenvalue weighted by Crippen LogP contribution is 2.17. The number of nitrogens with one attached hydrogen (secondary N) is 2. The van der Waals surface area contributed by atoms with Crippen LogP contribution in [0.4, 0.5) is 5.95 Å². The summed E-state index contributed by atoms with van der Waals surface area (Å²) in [6.45, 7) is 3.80. The minimum Gasteiger partial charge on any atom is -0.317 e. The first kappa shape index (κ1) is 13.2. The third-order valence-electron chi connectivity index (χ3n) is 3.01. The van der Waals surface area contributed by atoms with Crippen LogP contribution < -0.4 is 10.6 Å². The number of hydrogen-bond acceptors (Lipinski definition) is 4. The molecule has 1 aliphatic rings.